The SMILES string of the molecule is Cn1cc(CSc2ccc(C#Cc3cc(NC(=O)NCCc4cccnc4)ccc3-c3ccncc3)cc2)cn1. The number of anilines is 1. The first-order valence-electron chi connectivity index (χ1n) is 12.8. The number of carbonyl (C=O) groups is 1. The van der Waals surface area contributed by atoms with E-state index in [0.29, 0.717) is 18.7 Å². The van der Waals surface area contributed by atoms with Crippen LogP contribution in [0.25, 0.3) is 11.1 Å². The molecule has 0 spiro atoms. The van der Waals surface area contributed by atoms with Crippen molar-refractivity contribution in [1.29, 1.82) is 0 Å². The van der Waals surface area contributed by atoms with Gasteiger partial charge in [0.25, 0.3) is 0 Å². The molecule has 5 rings (SSSR count). The van der Waals surface area contributed by atoms with Gasteiger partial charge in [-0.05, 0) is 77.7 Å². The van der Waals surface area contributed by atoms with Gasteiger partial charge in [-0.3, -0.25) is 14.6 Å². The lowest BCUT2D eigenvalue weighted by Gasteiger charge is -2.11. The van der Waals surface area contributed by atoms with Crippen LogP contribution in [0.15, 0.2) is 109 Å². The maximum absolute atomic E-state index is 12.5. The number of benzene rings is 2. The molecule has 0 unspecified atom stereocenters. The summed E-state index contributed by atoms with van der Waals surface area (Å²) >= 11 is 1.76. The molecule has 0 radical (unpaired) electrons. The summed E-state index contributed by atoms with van der Waals surface area (Å²) in [5.41, 5.74) is 6.64. The van der Waals surface area contributed by atoms with Gasteiger partial charge in [0.2, 0.25) is 0 Å². The standard InChI is InChI=1S/C32H28N6OS/c1-38-22-26(21-36-38)23-40-30-9-5-24(6-10-30)4-7-28-19-29(8-11-31(28)27-13-16-33-17-14-27)37-32(39)35-18-12-25-3-2-15-34-20-25/h2-3,5-6,8-11,13-17,19-22H,12,18,23H2,1H3,(H2,35,37,39). The fourth-order valence-electron chi connectivity index (χ4n) is 4.04. The molecule has 198 valence electrons. The highest BCUT2D eigenvalue weighted by molar-refractivity contribution is 7.98. The van der Waals surface area contributed by atoms with E-state index in [0.717, 1.165) is 33.6 Å². The van der Waals surface area contributed by atoms with Gasteiger partial charge >= 0.3 is 6.03 Å². The van der Waals surface area contributed by atoms with Crippen LogP contribution in [0.1, 0.15) is 22.3 Å². The summed E-state index contributed by atoms with van der Waals surface area (Å²) in [6.07, 6.45) is 11.7. The van der Waals surface area contributed by atoms with E-state index in [2.05, 4.69) is 49.7 Å². The second-order valence-corrected chi connectivity index (χ2v) is 10.1. The van der Waals surface area contributed by atoms with E-state index in [-0.39, 0.29) is 6.03 Å². The van der Waals surface area contributed by atoms with Gasteiger partial charge in [-0.15, -0.1) is 11.8 Å². The zero-order chi connectivity index (χ0) is 27.6. The molecule has 7 nitrogen and oxygen atoms in total. The van der Waals surface area contributed by atoms with E-state index in [9.17, 15) is 4.79 Å². The number of nitrogens with zero attached hydrogens (tertiary/aromatic N) is 4. The van der Waals surface area contributed by atoms with Gasteiger partial charge in [0, 0.05) is 77.6 Å². The fraction of sp³-hybridized carbons (Fsp3) is 0.125. The summed E-state index contributed by atoms with van der Waals surface area (Å²) in [6, 6.07) is 21.5. The van der Waals surface area contributed by atoms with Crippen LogP contribution in [0.2, 0.25) is 0 Å². The Morgan fingerprint density at radius 2 is 1.77 bits per heavy atom. The molecule has 2 N–H and O–H groups in total. The average molecular weight is 545 g/mol. The Labute approximate surface area is 238 Å². The Hall–Kier alpha value is -4.87. The molecular weight excluding hydrogens is 516 g/mol. The molecule has 0 aliphatic rings. The minimum absolute atomic E-state index is 0.265. The third kappa shape index (κ3) is 7.59. The van der Waals surface area contributed by atoms with Crippen LogP contribution in [0.5, 0.6) is 0 Å². The zero-order valence-electron chi connectivity index (χ0n) is 22.0. The highest BCUT2D eigenvalue weighted by Gasteiger charge is 2.08. The summed E-state index contributed by atoms with van der Waals surface area (Å²) < 4.78 is 1.82. The maximum atomic E-state index is 12.5. The van der Waals surface area contributed by atoms with Crippen molar-refractivity contribution in [3.05, 3.63) is 126 Å². The van der Waals surface area contributed by atoms with Crippen LogP contribution in [0, 0.1) is 11.8 Å². The van der Waals surface area contributed by atoms with Crippen LogP contribution in [0.4, 0.5) is 10.5 Å². The highest BCUT2D eigenvalue weighted by Crippen LogP contribution is 2.26. The van der Waals surface area contributed by atoms with Gasteiger partial charge in [-0.1, -0.05) is 24.0 Å². The summed E-state index contributed by atoms with van der Waals surface area (Å²) in [6.45, 7) is 0.510. The van der Waals surface area contributed by atoms with Crippen molar-refractivity contribution in [1.82, 2.24) is 25.1 Å². The number of hydrogen-bond acceptors (Lipinski definition) is 5. The minimum Gasteiger partial charge on any atom is -0.338 e. The quantitative estimate of drug-likeness (QED) is 0.187. The van der Waals surface area contributed by atoms with Gasteiger partial charge in [0.05, 0.1) is 6.20 Å². The molecule has 0 fully saturated rings. The molecule has 5 aromatic rings. The van der Waals surface area contributed by atoms with Crippen LogP contribution in [0.3, 0.4) is 0 Å². The molecule has 3 heterocycles. The Morgan fingerprint density at radius 1 is 0.925 bits per heavy atom. The molecule has 0 saturated carbocycles. The number of nitrogens with one attached hydrogen (secondary N) is 2. The number of hydrogen-bond donors (Lipinski definition) is 2. The number of aromatic nitrogens is 4. The Bertz CT molecular complexity index is 1620. The van der Waals surface area contributed by atoms with E-state index in [4.69, 9.17) is 0 Å². The molecule has 0 aliphatic heterocycles. The summed E-state index contributed by atoms with van der Waals surface area (Å²) in [5.74, 6) is 7.47. The lowest BCUT2D eigenvalue weighted by atomic mass is 10.00. The monoisotopic (exact) mass is 544 g/mol. The largest absolute Gasteiger partial charge is 0.338 e. The predicted octanol–water partition coefficient (Wildman–Crippen LogP) is 5.93. The Balaban J connectivity index is 1.28. The third-order valence-corrected chi connectivity index (χ3v) is 7.13. The Kier molecular flexibility index (Phi) is 8.87. The summed E-state index contributed by atoms with van der Waals surface area (Å²) in [7, 11) is 1.92. The third-order valence-electron chi connectivity index (χ3n) is 6.05. The summed E-state index contributed by atoms with van der Waals surface area (Å²) in [5, 5.41) is 10.1. The zero-order valence-corrected chi connectivity index (χ0v) is 22.9. The smallest absolute Gasteiger partial charge is 0.319 e. The summed E-state index contributed by atoms with van der Waals surface area (Å²) in [4.78, 5) is 22.0. The first-order chi connectivity index (χ1) is 19.6. The lowest BCUT2D eigenvalue weighted by Crippen LogP contribution is -2.30. The molecule has 40 heavy (non-hydrogen) atoms. The number of thioether (sulfide) groups is 1. The maximum Gasteiger partial charge on any atom is 0.319 e. The lowest BCUT2D eigenvalue weighted by molar-refractivity contribution is 0.252. The van der Waals surface area contributed by atoms with Crippen LogP contribution in [-0.2, 0) is 19.2 Å². The van der Waals surface area contributed by atoms with Crippen molar-refractivity contribution in [2.75, 3.05) is 11.9 Å². The van der Waals surface area contributed by atoms with Crippen molar-refractivity contribution < 1.29 is 4.79 Å². The second kappa shape index (κ2) is 13.3. The van der Waals surface area contributed by atoms with Crippen molar-refractivity contribution in [2.24, 2.45) is 7.05 Å². The van der Waals surface area contributed by atoms with Crippen molar-refractivity contribution in [3.63, 3.8) is 0 Å². The molecule has 0 atom stereocenters. The van der Waals surface area contributed by atoms with E-state index < -0.39 is 0 Å². The van der Waals surface area contributed by atoms with Gasteiger partial charge < -0.3 is 10.6 Å². The van der Waals surface area contributed by atoms with E-state index in [1.165, 1.54) is 10.5 Å². The van der Waals surface area contributed by atoms with Crippen molar-refractivity contribution in [3.8, 4) is 23.0 Å². The van der Waals surface area contributed by atoms with Crippen molar-refractivity contribution in [2.45, 2.75) is 17.1 Å². The molecular formula is C32H28N6OS. The second-order valence-electron chi connectivity index (χ2n) is 9.07. The van der Waals surface area contributed by atoms with Crippen LogP contribution in [-0.4, -0.2) is 32.3 Å². The van der Waals surface area contributed by atoms with Gasteiger partial charge in [-0.25, -0.2) is 4.79 Å². The molecule has 2 aromatic carbocycles. The van der Waals surface area contributed by atoms with Gasteiger partial charge in [0.15, 0.2) is 0 Å². The van der Waals surface area contributed by atoms with E-state index >= 15 is 0 Å². The fourth-order valence-corrected chi connectivity index (χ4v) is 4.85. The number of amides is 2. The Morgan fingerprint density at radius 3 is 2.52 bits per heavy atom. The number of aryl methyl sites for hydroxylation is 1. The first-order valence-corrected chi connectivity index (χ1v) is 13.8. The van der Waals surface area contributed by atoms with Crippen molar-refractivity contribution >= 4 is 23.5 Å². The predicted molar refractivity (Wildman–Crippen MR) is 160 cm³/mol. The molecule has 2 amide bonds. The molecule has 0 bridgehead atoms. The molecule has 0 aliphatic carbocycles. The van der Waals surface area contributed by atoms with Gasteiger partial charge in [0.1, 0.15) is 0 Å². The minimum atomic E-state index is -0.265. The average Bonchev–Trinajstić information content (AvgIpc) is 3.41. The first kappa shape index (κ1) is 26.7. The number of carbonyl (C=O) groups excluding carboxylic acids is 1. The molecule has 8 heteroatoms. The van der Waals surface area contributed by atoms with Gasteiger partial charge in [-0.2, -0.15) is 5.10 Å². The number of rotatable bonds is 8. The molecule has 3 aromatic heterocycles. The highest BCUT2D eigenvalue weighted by atomic mass is 32.2. The number of urea groups is 1. The topological polar surface area (TPSA) is 84.7 Å². The molecule has 0 saturated heterocycles. The van der Waals surface area contributed by atoms with Crippen LogP contribution >= 0.6 is 11.8 Å². The van der Waals surface area contributed by atoms with Crippen LogP contribution < -0.4 is 10.6 Å². The number of pyridine rings is 2. The normalized spacial score (nSPS) is 10.4. The van der Waals surface area contributed by atoms with E-state index in [1.54, 1.807) is 36.5 Å². The van der Waals surface area contributed by atoms with E-state index in [1.807, 2.05) is 78.7 Å².